The summed E-state index contributed by atoms with van der Waals surface area (Å²) in [7, 11) is 0. The number of nitrogens with zero attached hydrogens (tertiary/aromatic N) is 1. The largest absolute Gasteiger partial charge is 0.494 e. The van der Waals surface area contributed by atoms with Crippen LogP contribution in [0.5, 0.6) is 5.75 Å². The predicted molar refractivity (Wildman–Crippen MR) is 103 cm³/mol. The van der Waals surface area contributed by atoms with E-state index in [4.69, 9.17) is 16.3 Å². The Morgan fingerprint density at radius 3 is 2.50 bits per heavy atom. The number of carboxylic acids is 1. The maximum atomic E-state index is 12.6. The molecule has 0 aliphatic carbocycles. The summed E-state index contributed by atoms with van der Waals surface area (Å²) in [4.78, 5) is 34.3. The van der Waals surface area contributed by atoms with Gasteiger partial charge in [-0.15, -0.1) is 0 Å². The van der Waals surface area contributed by atoms with Gasteiger partial charge in [-0.1, -0.05) is 30.7 Å². The third-order valence-electron chi connectivity index (χ3n) is 3.84. The molecule has 148 valence electrons. The van der Waals surface area contributed by atoms with Crippen molar-refractivity contribution in [2.75, 3.05) is 6.61 Å². The molecule has 2 rings (SSSR count). The number of aliphatic carboxylic acids is 1. The summed E-state index contributed by atoms with van der Waals surface area (Å²) < 4.78 is 5.48. The highest BCUT2D eigenvalue weighted by atomic mass is 35.5. The number of carboxylic acid groups (broad SMARTS) is 1. The zero-order valence-electron chi connectivity index (χ0n) is 15.1. The Hall–Kier alpha value is -3.13. The lowest BCUT2D eigenvalue weighted by Crippen LogP contribution is -2.30. The van der Waals surface area contributed by atoms with Gasteiger partial charge < -0.3 is 15.2 Å². The number of halogens is 1. The van der Waals surface area contributed by atoms with Crippen LogP contribution in [0.3, 0.4) is 0 Å². The molecule has 0 spiro atoms. The lowest BCUT2D eigenvalue weighted by Gasteiger charge is -2.18. The lowest BCUT2D eigenvalue weighted by molar-refractivity contribution is -0.385. The zero-order valence-corrected chi connectivity index (χ0v) is 15.8. The minimum absolute atomic E-state index is 0.119. The Bertz CT molecular complexity index is 869. The summed E-state index contributed by atoms with van der Waals surface area (Å²) in [6.45, 7) is 2.53. The van der Waals surface area contributed by atoms with Gasteiger partial charge in [0.05, 0.1) is 24.0 Å². The molecule has 1 amide bonds. The maximum Gasteiger partial charge on any atom is 0.305 e. The topological polar surface area (TPSA) is 119 Å². The predicted octanol–water partition coefficient (Wildman–Crippen LogP) is 3.98. The van der Waals surface area contributed by atoms with Crippen molar-refractivity contribution in [3.05, 3.63) is 68.7 Å². The second-order valence-corrected chi connectivity index (χ2v) is 6.40. The number of carbonyl (C=O) groups excluding carboxylic acids is 1. The van der Waals surface area contributed by atoms with E-state index in [0.717, 1.165) is 12.5 Å². The molecule has 9 heteroatoms. The van der Waals surface area contributed by atoms with E-state index in [2.05, 4.69) is 5.32 Å². The summed E-state index contributed by atoms with van der Waals surface area (Å²) in [5.41, 5.74) is -0.119. The number of benzene rings is 2. The van der Waals surface area contributed by atoms with Gasteiger partial charge in [-0.05, 0) is 36.2 Å². The molecule has 2 N–H and O–H groups in total. The number of carbonyl (C=O) groups is 2. The summed E-state index contributed by atoms with van der Waals surface area (Å²) in [5, 5.41) is 23.0. The average Bonchev–Trinajstić information content (AvgIpc) is 2.65. The fourth-order valence-electron chi connectivity index (χ4n) is 2.53. The monoisotopic (exact) mass is 406 g/mol. The smallest absolute Gasteiger partial charge is 0.305 e. The first-order chi connectivity index (χ1) is 13.3. The van der Waals surface area contributed by atoms with Crippen LogP contribution < -0.4 is 10.1 Å². The van der Waals surface area contributed by atoms with Crippen molar-refractivity contribution in [3.63, 3.8) is 0 Å². The van der Waals surface area contributed by atoms with Crippen molar-refractivity contribution in [3.8, 4) is 5.75 Å². The molecule has 0 aromatic heterocycles. The third kappa shape index (κ3) is 5.68. The number of hydrogen-bond acceptors (Lipinski definition) is 5. The van der Waals surface area contributed by atoms with E-state index in [0.29, 0.717) is 17.9 Å². The lowest BCUT2D eigenvalue weighted by atomic mass is 10.0. The SMILES string of the molecule is CCCOc1ccc([C@@H](CC(=O)O)NC(=O)c2ccc(Cl)cc2[N+](=O)[O-])cc1. The van der Waals surface area contributed by atoms with Gasteiger partial charge in [0.25, 0.3) is 11.6 Å². The first-order valence-corrected chi connectivity index (χ1v) is 8.89. The van der Waals surface area contributed by atoms with Gasteiger partial charge in [0.2, 0.25) is 0 Å². The van der Waals surface area contributed by atoms with Gasteiger partial charge in [0.1, 0.15) is 11.3 Å². The van der Waals surface area contributed by atoms with Crippen molar-refractivity contribution in [1.82, 2.24) is 5.32 Å². The Kier molecular flexibility index (Phi) is 7.34. The molecular weight excluding hydrogens is 388 g/mol. The van der Waals surface area contributed by atoms with Crippen LogP contribution in [0.2, 0.25) is 5.02 Å². The summed E-state index contributed by atoms with van der Waals surface area (Å²) in [6.07, 6.45) is 0.460. The molecule has 0 aliphatic rings. The minimum Gasteiger partial charge on any atom is -0.494 e. The van der Waals surface area contributed by atoms with Gasteiger partial charge in [-0.25, -0.2) is 0 Å². The first kappa shape index (κ1) is 21.2. The minimum atomic E-state index is -1.12. The van der Waals surface area contributed by atoms with Crippen LogP contribution in [-0.4, -0.2) is 28.5 Å². The van der Waals surface area contributed by atoms with Crippen molar-refractivity contribution < 1.29 is 24.4 Å². The van der Waals surface area contributed by atoms with Crippen LogP contribution in [0, 0.1) is 10.1 Å². The fourth-order valence-corrected chi connectivity index (χ4v) is 2.69. The second kappa shape index (κ2) is 9.70. The molecule has 2 aromatic carbocycles. The van der Waals surface area contributed by atoms with Crippen molar-refractivity contribution in [2.24, 2.45) is 0 Å². The fraction of sp³-hybridized carbons (Fsp3) is 0.263. The number of nitro benzene ring substituents is 1. The van der Waals surface area contributed by atoms with Crippen molar-refractivity contribution in [1.29, 1.82) is 0 Å². The average molecular weight is 407 g/mol. The Morgan fingerprint density at radius 1 is 1.25 bits per heavy atom. The summed E-state index contributed by atoms with van der Waals surface area (Å²) in [5.74, 6) is -1.26. The van der Waals surface area contributed by atoms with Gasteiger partial charge >= 0.3 is 5.97 Å². The number of nitrogens with one attached hydrogen (secondary N) is 1. The number of rotatable bonds is 9. The second-order valence-electron chi connectivity index (χ2n) is 5.96. The molecule has 0 radical (unpaired) electrons. The van der Waals surface area contributed by atoms with Crippen molar-refractivity contribution >= 4 is 29.2 Å². The standard InChI is InChI=1S/C19H19ClN2O6/c1-2-9-28-14-6-3-12(4-7-14)16(11-18(23)24)21-19(25)15-8-5-13(20)10-17(15)22(26)27/h3-8,10,16H,2,9,11H2,1H3,(H,21,25)(H,23,24)/t16-/m1/s1. The number of ether oxygens (including phenoxy) is 1. The van der Waals surface area contributed by atoms with E-state index in [9.17, 15) is 24.8 Å². The molecule has 0 fully saturated rings. The number of nitro groups is 1. The normalized spacial score (nSPS) is 11.5. The molecule has 0 saturated carbocycles. The molecule has 0 heterocycles. The van der Waals surface area contributed by atoms with E-state index >= 15 is 0 Å². The quantitative estimate of drug-likeness (QED) is 0.480. The van der Waals surface area contributed by atoms with Crippen LogP contribution in [0.4, 0.5) is 5.69 Å². The van der Waals surface area contributed by atoms with Gasteiger partial charge in [0.15, 0.2) is 0 Å². The molecule has 1 atom stereocenters. The maximum absolute atomic E-state index is 12.6. The van der Waals surface area contributed by atoms with E-state index in [-0.39, 0.29) is 17.0 Å². The summed E-state index contributed by atoms with van der Waals surface area (Å²) in [6, 6.07) is 9.44. The molecule has 0 unspecified atom stereocenters. The molecule has 8 nitrogen and oxygen atoms in total. The van der Waals surface area contributed by atoms with E-state index in [1.165, 1.54) is 12.1 Å². The van der Waals surface area contributed by atoms with E-state index < -0.39 is 28.5 Å². The Balaban J connectivity index is 2.26. The van der Waals surface area contributed by atoms with Gasteiger partial charge in [-0.3, -0.25) is 19.7 Å². The Labute approximate surface area is 166 Å². The van der Waals surface area contributed by atoms with Crippen LogP contribution >= 0.6 is 11.6 Å². The highest BCUT2D eigenvalue weighted by Gasteiger charge is 2.24. The van der Waals surface area contributed by atoms with Crippen LogP contribution in [0.15, 0.2) is 42.5 Å². The zero-order chi connectivity index (χ0) is 20.7. The van der Waals surface area contributed by atoms with Crippen LogP contribution in [0.25, 0.3) is 0 Å². The number of hydrogen-bond donors (Lipinski definition) is 2. The molecule has 0 aliphatic heterocycles. The molecule has 0 saturated heterocycles. The molecule has 28 heavy (non-hydrogen) atoms. The Morgan fingerprint density at radius 2 is 1.93 bits per heavy atom. The van der Waals surface area contributed by atoms with Crippen LogP contribution in [-0.2, 0) is 4.79 Å². The number of amides is 1. The van der Waals surface area contributed by atoms with Gasteiger partial charge in [0, 0.05) is 11.1 Å². The van der Waals surface area contributed by atoms with Gasteiger partial charge in [-0.2, -0.15) is 0 Å². The first-order valence-electron chi connectivity index (χ1n) is 8.51. The summed E-state index contributed by atoms with van der Waals surface area (Å²) >= 11 is 5.76. The highest BCUT2D eigenvalue weighted by molar-refractivity contribution is 6.31. The van der Waals surface area contributed by atoms with Crippen molar-refractivity contribution in [2.45, 2.75) is 25.8 Å². The van der Waals surface area contributed by atoms with E-state index in [1.54, 1.807) is 24.3 Å². The molecule has 0 bridgehead atoms. The highest BCUT2D eigenvalue weighted by Crippen LogP contribution is 2.25. The molecule has 2 aromatic rings. The third-order valence-corrected chi connectivity index (χ3v) is 4.08. The van der Waals surface area contributed by atoms with E-state index in [1.807, 2.05) is 6.92 Å². The molecular formula is C19H19ClN2O6. The van der Waals surface area contributed by atoms with Crippen LogP contribution in [0.1, 0.15) is 41.7 Å².